The maximum atomic E-state index is 12.4. The number of hydrogen-bond donors (Lipinski definition) is 2. The summed E-state index contributed by atoms with van der Waals surface area (Å²) in [6.07, 6.45) is 1.62. The van der Waals surface area contributed by atoms with E-state index in [-0.39, 0.29) is 5.91 Å². The molecule has 1 amide bonds. The summed E-state index contributed by atoms with van der Waals surface area (Å²) >= 11 is 5.98. The molecule has 140 valence electrons. The van der Waals surface area contributed by atoms with Crippen molar-refractivity contribution in [1.29, 1.82) is 0 Å². The Kier molecular flexibility index (Phi) is 5.98. The van der Waals surface area contributed by atoms with Crippen LogP contribution in [0, 0.1) is 0 Å². The van der Waals surface area contributed by atoms with E-state index in [2.05, 4.69) is 15.6 Å². The lowest BCUT2D eigenvalue weighted by molar-refractivity contribution is 0.102. The number of rotatable bonds is 7. The van der Waals surface area contributed by atoms with Gasteiger partial charge in [-0.15, -0.1) is 0 Å². The van der Waals surface area contributed by atoms with Crippen LogP contribution in [-0.2, 0) is 13.6 Å². The number of amides is 1. The molecule has 0 bridgehead atoms. The number of aromatic nitrogens is 2. The Morgan fingerprint density at radius 2 is 1.78 bits per heavy atom. The number of carbonyl (C=O) groups is 1. The van der Waals surface area contributed by atoms with Crippen molar-refractivity contribution in [3.63, 3.8) is 0 Å². The number of anilines is 2. The van der Waals surface area contributed by atoms with Gasteiger partial charge >= 0.3 is 0 Å². The van der Waals surface area contributed by atoms with Crippen molar-refractivity contribution in [2.24, 2.45) is 7.05 Å². The molecule has 0 aliphatic rings. The third kappa shape index (κ3) is 4.80. The molecule has 3 aromatic rings. The van der Waals surface area contributed by atoms with Gasteiger partial charge in [0, 0.05) is 24.0 Å². The minimum absolute atomic E-state index is 0.165. The maximum absolute atomic E-state index is 12.4. The van der Waals surface area contributed by atoms with E-state index in [1.807, 2.05) is 54.9 Å². The number of hydrogen-bond acceptors (Lipinski definition) is 4. The fourth-order valence-corrected chi connectivity index (χ4v) is 2.66. The van der Waals surface area contributed by atoms with E-state index in [4.69, 9.17) is 16.3 Å². The van der Waals surface area contributed by atoms with Gasteiger partial charge in [-0.25, -0.2) is 4.98 Å². The number of benzene rings is 2. The Morgan fingerprint density at radius 1 is 1.11 bits per heavy atom. The summed E-state index contributed by atoms with van der Waals surface area (Å²) in [6.45, 7) is 3.08. The number of nitrogens with one attached hydrogen (secondary N) is 2. The zero-order valence-electron chi connectivity index (χ0n) is 15.2. The molecular weight excluding hydrogens is 364 g/mol. The van der Waals surface area contributed by atoms with E-state index in [1.165, 1.54) is 0 Å². The van der Waals surface area contributed by atoms with Gasteiger partial charge < -0.3 is 19.9 Å². The van der Waals surface area contributed by atoms with E-state index in [0.717, 1.165) is 22.9 Å². The second-order valence-corrected chi connectivity index (χ2v) is 6.29. The molecule has 1 aromatic heterocycles. The molecule has 27 heavy (non-hydrogen) atoms. The molecule has 3 rings (SSSR count). The smallest absolute Gasteiger partial charge is 0.255 e. The lowest BCUT2D eigenvalue weighted by atomic mass is 10.2. The van der Waals surface area contributed by atoms with Gasteiger partial charge in [0.1, 0.15) is 16.7 Å². The zero-order chi connectivity index (χ0) is 19.2. The van der Waals surface area contributed by atoms with Crippen LogP contribution in [0.1, 0.15) is 23.1 Å². The molecular formula is C20H21ClN4O2. The van der Waals surface area contributed by atoms with Crippen molar-refractivity contribution in [3.05, 3.63) is 71.3 Å². The van der Waals surface area contributed by atoms with Crippen LogP contribution in [-0.4, -0.2) is 22.1 Å². The lowest BCUT2D eigenvalue weighted by Crippen LogP contribution is -2.12. The molecule has 0 aliphatic carbocycles. The van der Waals surface area contributed by atoms with Crippen LogP contribution in [0.4, 0.5) is 11.4 Å². The molecule has 0 spiro atoms. The van der Waals surface area contributed by atoms with Gasteiger partial charge in [-0.2, -0.15) is 0 Å². The fraction of sp³-hybridized carbons (Fsp3) is 0.200. The number of carbonyl (C=O) groups excluding carboxylic acids is 1. The second-order valence-electron chi connectivity index (χ2n) is 5.90. The van der Waals surface area contributed by atoms with Gasteiger partial charge in [-0.05, 0) is 55.5 Å². The first-order valence-corrected chi connectivity index (χ1v) is 8.99. The van der Waals surface area contributed by atoms with Crippen LogP contribution in [0.5, 0.6) is 5.75 Å². The Morgan fingerprint density at radius 3 is 2.37 bits per heavy atom. The molecule has 6 nitrogen and oxygen atoms in total. The Hall–Kier alpha value is -2.99. The van der Waals surface area contributed by atoms with Crippen LogP contribution in [0.25, 0.3) is 0 Å². The van der Waals surface area contributed by atoms with Gasteiger partial charge in [0.25, 0.3) is 5.91 Å². The minimum atomic E-state index is -0.165. The predicted octanol–water partition coefficient (Wildman–Crippen LogP) is 4.34. The molecule has 0 saturated carbocycles. The van der Waals surface area contributed by atoms with Crippen molar-refractivity contribution in [2.75, 3.05) is 17.2 Å². The summed E-state index contributed by atoms with van der Waals surface area (Å²) in [5, 5.41) is 6.72. The average Bonchev–Trinajstić information content (AvgIpc) is 3.00. The highest BCUT2D eigenvalue weighted by molar-refractivity contribution is 6.29. The summed E-state index contributed by atoms with van der Waals surface area (Å²) in [5.74, 6) is 1.44. The third-order valence-electron chi connectivity index (χ3n) is 4.05. The van der Waals surface area contributed by atoms with Crippen molar-refractivity contribution in [1.82, 2.24) is 9.55 Å². The quantitative estimate of drug-likeness (QED) is 0.636. The van der Waals surface area contributed by atoms with Gasteiger partial charge in [0.2, 0.25) is 0 Å². The Bertz CT molecular complexity index is 905. The predicted molar refractivity (Wildman–Crippen MR) is 108 cm³/mol. The fourth-order valence-electron chi connectivity index (χ4n) is 2.51. The highest BCUT2D eigenvalue weighted by Gasteiger charge is 2.07. The normalized spacial score (nSPS) is 10.5. The van der Waals surface area contributed by atoms with Crippen LogP contribution in [0.2, 0.25) is 5.15 Å². The molecule has 0 fully saturated rings. The Labute approximate surface area is 163 Å². The first kappa shape index (κ1) is 18.8. The molecule has 0 saturated heterocycles. The zero-order valence-corrected chi connectivity index (χ0v) is 16.0. The topological polar surface area (TPSA) is 68.2 Å². The van der Waals surface area contributed by atoms with E-state index >= 15 is 0 Å². The molecule has 7 heteroatoms. The highest BCUT2D eigenvalue weighted by atomic mass is 35.5. The van der Waals surface area contributed by atoms with Crippen LogP contribution >= 0.6 is 11.6 Å². The molecule has 2 aromatic carbocycles. The van der Waals surface area contributed by atoms with Crippen molar-refractivity contribution in [3.8, 4) is 5.75 Å². The first-order valence-electron chi connectivity index (χ1n) is 8.61. The SMILES string of the molecule is CCOc1ccc(NC(=O)c2ccc(NCc3ncc(Cl)n3C)cc2)cc1. The highest BCUT2D eigenvalue weighted by Crippen LogP contribution is 2.18. The molecule has 0 unspecified atom stereocenters. The lowest BCUT2D eigenvalue weighted by Gasteiger charge is -2.09. The summed E-state index contributed by atoms with van der Waals surface area (Å²) in [6, 6.07) is 14.6. The summed E-state index contributed by atoms with van der Waals surface area (Å²) in [7, 11) is 1.86. The monoisotopic (exact) mass is 384 g/mol. The molecule has 1 heterocycles. The average molecular weight is 385 g/mol. The summed E-state index contributed by atoms with van der Waals surface area (Å²) < 4.78 is 7.21. The van der Waals surface area contributed by atoms with Gasteiger partial charge in [-0.1, -0.05) is 11.6 Å². The van der Waals surface area contributed by atoms with Crippen molar-refractivity contribution in [2.45, 2.75) is 13.5 Å². The van der Waals surface area contributed by atoms with Crippen LogP contribution in [0.3, 0.4) is 0 Å². The summed E-state index contributed by atoms with van der Waals surface area (Å²) in [4.78, 5) is 16.6. The minimum Gasteiger partial charge on any atom is -0.494 e. The number of ether oxygens (including phenoxy) is 1. The van der Waals surface area contributed by atoms with Crippen molar-refractivity contribution >= 4 is 28.9 Å². The van der Waals surface area contributed by atoms with E-state index < -0.39 is 0 Å². The number of imidazole rings is 1. The number of nitrogens with zero attached hydrogens (tertiary/aromatic N) is 2. The molecule has 0 atom stereocenters. The third-order valence-corrected chi connectivity index (χ3v) is 4.40. The standard InChI is InChI=1S/C20H21ClN4O2/c1-3-27-17-10-8-16(9-11-17)24-20(26)14-4-6-15(7-5-14)22-13-19-23-12-18(21)25(19)2/h4-12,22H,3,13H2,1-2H3,(H,24,26). The molecule has 0 radical (unpaired) electrons. The van der Waals surface area contributed by atoms with Gasteiger partial charge in [0.15, 0.2) is 0 Å². The van der Waals surface area contributed by atoms with Crippen LogP contribution in [0.15, 0.2) is 54.7 Å². The Balaban J connectivity index is 1.57. The van der Waals surface area contributed by atoms with E-state index in [0.29, 0.717) is 23.9 Å². The number of halogens is 1. The summed E-state index contributed by atoms with van der Waals surface area (Å²) in [5.41, 5.74) is 2.19. The largest absolute Gasteiger partial charge is 0.494 e. The second kappa shape index (κ2) is 8.60. The molecule has 0 aliphatic heterocycles. The van der Waals surface area contributed by atoms with Crippen molar-refractivity contribution < 1.29 is 9.53 Å². The van der Waals surface area contributed by atoms with E-state index in [1.54, 1.807) is 18.3 Å². The van der Waals surface area contributed by atoms with Gasteiger partial charge in [-0.3, -0.25) is 4.79 Å². The maximum Gasteiger partial charge on any atom is 0.255 e. The van der Waals surface area contributed by atoms with Crippen LogP contribution < -0.4 is 15.4 Å². The molecule has 2 N–H and O–H groups in total. The van der Waals surface area contributed by atoms with E-state index in [9.17, 15) is 4.79 Å². The van der Waals surface area contributed by atoms with Gasteiger partial charge in [0.05, 0.1) is 19.3 Å². The first-order chi connectivity index (χ1) is 13.1.